The summed E-state index contributed by atoms with van der Waals surface area (Å²) in [6, 6.07) is 6.08. The van der Waals surface area contributed by atoms with Crippen molar-refractivity contribution in [3.63, 3.8) is 0 Å². The molecule has 0 aliphatic rings. The van der Waals surface area contributed by atoms with Gasteiger partial charge in [0.25, 0.3) is 0 Å². The van der Waals surface area contributed by atoms with Gasteiger partial charge in [-0.15, -0.1) is 0 Å². The maximum Gasteiger partial charge on any atom is 0.305 e. The second-order valence-electron chi connectivity index (χ2n) is 8.16. The fourth-order valence-electron chi connectivity index (χ4n) is 3.85. The van der Waals surface area contributed by atoms with Gasteiger partial charge in [-0.3, -0.25) is 4.79 Å². The summed E-state index contributed by atoms with van der Waals surface area (Å²) in [7, 11) is 2.01. The Morgan fingerprint density at radius 1 is 1.10 bits per heavy atom. The monoisotopic (exact) mass is 469 g/mol. The van der Waals surface area contributed by atoms with Crippen LogP contribution in [0.2, 0.25) is 0 Å². The third kappa shape index (κ3) is 7.87. The molecule has 0 amide bonds. The van der Waals surface area contributed by atoms with Crippen LogP contribution < -0.4 is 4.90 Å². The Morgan fingerprint density at radius 3 is 2.45 bits per heavy atom. The molecule has 0 fully saturated rings. The van der Waals surface area contributed by atoms with Crippen LogP contribution in [0, 0.1) is 0 Å². The minimum Gasteiger partial charge on any atom is -0.466 e. The van der Waals surface area contributed by atoms with Crippen molar-refractivity contribution in [1.82, 2.24) is 9.55 Å². The summed E-state index contributed by atoms with van der Waals surface area (Å²) in [6.07, 6.45) is 9.02. The molecule has 31 heavy (non-hydrogen) atoms. The lowest BCUT2D eigenvalue weighted by atomic mass is 10.1. The molecule has 1 heterocycles. The topological polar surface area (TPSA) is 47.4 Å². The number of rotatable bonds is 14. The van der Waals surface area contributed by atoms with Crippen molar-refractivity contribution in [3.05, 3.63) is 24.0 Å². The van der Waals surface area contributed by atoms with Crippen molar-refractivity contribution in [2.75, 3.05) is 11.5 Å². The van der Waals surface area contributed by atoms with Crippen LogP contribution in [-0.2, 0) is 23.0 Å². The molecule has 0 bridgehead atoms. The van der Waals surface area contributed by atoms with E-state index in [-0.39, 0.29) is 17.0 Å². The lowest BCUT2D eigenvalue weighted by Crippen LogP contribution is -2.34. The van der Waals surface area contributed by atoms with E-state index >= 15 is 0 Å². The number of hydrogen-bond donors (Lipinski definition) is 0. The number of esters is 1. The first-order valence-corrected chi connectivity index (χ1v) is 12.4. The second-order valence-corrected chi connectivity index (χ2v) is 9.42. The third-order valence-electron chi connectivity index (χ3n) is 5.56. The third-order valence-corrected chi connectivity index (χ3v) is 5.98. The summed E-state index contributed by atoms with van der Waals surface area (Å²) in [5, 5.41) is 0. The number of aryl methyl sites for hydroxylation is 2. The maximum atomic E-state index is 12.0. The second kappa shape index (κ2) is 13.2. The molecule has 7 heteroatoms. The maximum absolute atomic E-state index is 12.0. The Kier molecular flexibility index (Phi) is 11.0. The van der Waals surface area contributed by atoms with Crippen LogP contribution in [0.15, 0.2) is 18.2 Å². The Balaban J connectivity index is 1.84. The highest BCUT2D eigenvalue weighted by atomic mass is 35.5. The van der Waals surface area contributed by atoms with E-state index in [1.54, 1.807) is 0 Å². The van der Waals surface area contributed by atoms with Crippen LogP contribution in [0.3, 0.4) is 0 Å². The number of anilines is 1. The number of halogens is 2. The Bertz CT molecular complexity index is 813. The molecule has 2 rings (SSSR count). The minimum atomic E-state index is -0.226. The van der Waals surface area contributed by atoms with Crippen LogP contribution in [0.4, 0.5) is 5.69 Å². The molecular weight excluding hydrogens is 433 g/mol. The highest BCUT2D eigenvalue weighted by Gasteiger charge is 2.19. The van der Waals surface area contributed by atoms with Crippen molar-refractivity contribution in [1.29, 1.82) is 0 Å². The van der Waals surface area contributed by atoms with Gasteiger partial charge in [-0.2, -0.15) is 0 Å². The summed E-state index contributed by atoms with van der Waals surface area (Å²) in [4.78, 5) is 18.7. The predicted octanol–water partition coefficient (Wildman–Crippen LogP) is 6.78. The van der Waals surface area contributed by atoms with Crippen LogP contribution >= 0.6 is 23.2 Å². The van der Waals surface area contributed by atoms with E-state index in [2.05, 4.69) is 11.5 Å². The zero-order chi connectivity index (χ0) is 22.8. The number of unbranched alkanes of at least 4 members (excludes halogenated alkanes) is 5. The van der Waals surface area contributed by atoms with E-state index in [4.69, 9.17) is 32.9 Å². The zero-order valence-corrected chi connectivity index (χ0v) is 20.9. The van der Waals surface area contributed by atoms with E-state index in [1.807, 2.05) is 44.0 Å². The van der Waals surface area contributed by atoms with Gasteiger partial charge in [0.05, 0.1) is 17.6 Å². The number of nitrogens with zero attached hydrogens (tertiary/aromatic N) is 3. The van der Waals surface area contributed by atoms with Gasteiger partial charge >= 0.3 is 5.97 Å². The van der Waals surface area contributed by atoms with Crippen molar-refractivity contribution >= 4 is 45.9 Å². The summed E-state index contributed by atoms with van der Waals surface area (Å²) < 4.78 is 7.45. The van der Waals surface area contributed by atoms with Crippen molar-refractivity contribution in [2.24, 2.45) is 7.05 Å². The number of aromatic nitrogens is 2. The van der Waals surface area contributed by atoms with Crippen LogP contribution in [0.1, 0.15) is 78.0 Å². The van der Waals surface area contributed by atoms with E-state index in [0.717, 1.165) is 48.2 Å². The molecular formula is C24H37Cl2N3O2. The van der Waals surface area contributed by atoms with Crippen LogP contribution in [0.25, 0.3) is 11.0 Å². The molecule has 1 aromatic heterocycles. The van der Waals surface area contributed by atoms with Gasteiger partial charge in [0, 0.05) is 25.6 Å². The molecule has 0 radical (unpaired) electrons. The minimum absolute atomic E-state index is 0.113. The summed E-state index contributed by atoms with van der Waals surface area (Å²) >= 11 is 12.6. The number of alkyl halides is 2. The molecule has 0 saturated carbocycles. The van der Waals surface area contributed by atoms with Gasteiger partial charge in [0.2, 0.25) is 0 Å². The molecule has 174 valence electrons. The quantitative estimate of drug-likeness (QED) is 0.132. The number of fused-ring (bicyclic) bond motifs is 1. The largest absolute Gasteiger partial charge is 0.466 e. The number of carbonyl (C=O) groups is 1. The first-order chi connectivity index (χ1) is 14.8. The van der Waals surface area contributed by atoms with Gasteiger partial charge < -0.3 is 14.2 Å². The lowest BCUT2D eigenvalue weighted by Gasteiger charge is -2.29. The number of ether oxygens (including phenoxy) is 1. The number of carbonyl (C=O) groups excluding carboxylic acids is 1. The molecule has 2 atom stereocenters. The predicted molar refractivity (Wildman–Crippen MR) is 131 cm³/mol. The normalized spacial score (nSPS) is 13.4. The van der Waals surface area contributed by atoms with Gasteiger partial charge in [-0.1, -0.05) is 62.2 Å². The number of benzene rings is 1. The van der Waals surface area contributed by atoms with Gasteiger partial charge in [0.15, 0.2) is 0 Å². The first-order valence-electron chi connectivity index (χ1n) is 11.5. The van der Waals surface area contributed by atoms with Crippen LogP contribution in [-0.4, -0.2) is 33.1 Å². The standard InChI is InChI=1S/C24H37Cl2N3O2/c1-5-6-7-8-9-10-16-31-24(30)13-11-12-23-27-21-17-20(14-15-22(21)28(23)4)29(18(2)25)19(3)26/h14-15,17-19H,5-13,16H2,1-4H3. The van der Waals surface area contributed by atoms with Crippen molar-refractivity contribution in [3.8, 4) is 0 Å². The molecule has 2 unspecified atom stereocenters. The fourth-order valence-corrected chi connectivity index (χ4v) is 4.47. The number of imidazole rings is 1. The van der Waals surface area contributed by atoms with Crippen molar-refractivity contribution < 1.29 is 9.53 Å². The molecule has 5 nitrogen and oxygen atoms in total. The Morgan fingerprint density at radius 2 is 1.77 bits per heavy atom. The first kappa shape index (κ1) is 25.8. The molecule has 1 aromatic carbocycles. The summed E-state index contributed by atoms with van der Waals surface area (Å²) in [6.45, 7) is 6.55. The molecule has 0 saturated heterocycles. The lowest BCUT2D eigenvalue weighted by molar-refractivity contribution is -0.143. The molecule has 2 aromatic rings. The van der Waals surface area contributed by atoms with Gasteiger partial charge in [0.1, 0.15) is 16.8 Å². The van der Waals surface area contributed by atoms with Gasteiger partial charge in [-0.05, 0) is 44.9 Å². The average Bonchev–Trinajstić information content (AvgIpc) is 3.02. The molecule has 0 spiro atoms. The summed E-state index contributed by atoms with van der Waals surface area (Å²) in [5.74, 6) is 0.845. The molecule has 0 aliphatic carbocycles. The van der Waals surface area contributed by atoms with E-state index in [9.17, 15) is 4.79 Å². The van der Waals surface area contributed by atoms with Crippen molar-refractivity contribution in [2.45, 2.75) is 89.6 Å². The Labute approximate surface area is 197 Å². The van der Waals surface area contributed by atoms with Gasteiger partial charge in [-0.25, -0.2) is 4.98 Å². The van der Waals surface area contributed by atoms with E-state index in [0.29, 0.717) is 13.0 Å². The smallest absolute Gasteiger partial charge is 0.305 e. The molecule has 0 aliphatic heterocycles. The summed E-state index contributed by atoms with van der Waals surface area (Å²) in [5.41, 5.74) is 2.44. The van der Waals surface area contributed by atoms with Crippen LogP contribution in [0.5, 0.6) is 0 Å². The molecule has 0 N–H and O–H groups in total. The highest BCUT2D eigenvalue weighted by Crippen LogP contribution is 2.28. The number of hydrogen-bond acceptors (Lipinski definition) is 4. The SMILES string of the molecule is CCCCCCCCOC(=O)CCCc1nc2cc(N(C(C)Cl)C(C)Cl)ccc2n1C. The average molecular weight is 470 g/mol. The zero-order valence-electron chi connectivity index (χ0n) is 19.4. The fraction of sp³-hybridized carbons (Fsp3) is 0.667. The Hall–Kier alpha value is -1.46. The van der Waals surface area contributed by atoms with E-state index < -0.39 is 0 Å². The highest BCUT2D eigenvalue weighted by molar-refractivity contribution is 6.25. The van der Waals surface area contributed by atoms with E-state index in [1.165, 1.54) is 25.7 Å².